The molecule has 0 aromatic heterocycles. The summed E-state index contributed by atoms with van der Waals surface area (Å²) in [6.45, 7) is 1.90. The minimum Gasteiger partial charge on any atom is -0.320 e. The lowest BCUT2D eigenvalue weighted by molar-refractivity contribution is 1.28. The summed E-state index contributed by atoms with van der Waals surface area (Å²) in [7, 11) is 0. The highest BCUT2D eigenvalue weighted by atomic mass is 16.1. The second kappa shape index (κ2) is 3.00. The molecule has 0 spiro atoms. The molecule has 14 heavy (non-hydrogen) atoms. The Kier molecular flexibility index (Phi) is 1.83. The third-order valence-corrected chi connectivity index (χ3v) is 2.23. The van der Waals surface area contributed by atoms with E-state index in [2.05, 4.69) is 4.98 Å². The van der Waals surface area contributed by atoms with Gasteiger partial charge in [0.1, 0.15) is 11.6 Å². The molecule has 0 atom stereocenters. The van der Waals surface area contributed by atoms with Crippen molar-refractivity contribution in [1.82, 2.24) is 4.98 Å². The largest absolute Gasteiger partial charge is 0.320 e. The monoisotopic (exact) mass is 184 g/mol. The van der Waals surface area contributed by atoms with Gasteiger partial charge in [0.15, 0.2) is 0 Å². The second-order valence-electron chi connectivity index (χ2n) is 3.13. The van der Waals surface area contributed by atoms with Crippen molar-refractivity contribution >= 4 is 0 Å². The lowest BCUT2D eigenvalue weighted by Gasteiger charge is -1.94. The number of aromatic nitrogens is 1. The van der Waals surface area contributed by atoms with Gasteiger partial charge in [-0.1, -0.05) is 24.3 Å². The lowest BCUT2D eigenvalue weighted by atomic mass is 10.1. The van der Waals surface area contributed by atoms with Gasteiger partial charge in [0.25, 0.3) is 5.56 Å². The zero-order chi connectivity index (χ0) is 10.1. The molecule has 1 N–H and O–H groups in total. The van der Waals surface area contributed by atoms with E-state index < -0.39 is 0 Å². The molecule has 3 heteroatoms. The molecule has 0 saturated heterocycles. The Hall–Kier alpha value is -2.08. The zero-order valence-corrected chi connectivity index (χ0v) is 7.66. The van der Waals surface area contributed by atoms with E-state index in [1.54, 1.807) is 6.07 Å². The molecule has 0 fully saturated rings. The SMILES string of the molecule is Cc1ccccc2c(C#N)c(=O)[nH]c1-2. The number of hydrogen-bond acceptors (Lipinski definition) is 2. The molecule has 0 radical (unpaired) electrons. The van der Waals surface area contributed by atoms with Crippen molar-refractivity contribution in [3.8, 4) is 17.3 Å². The van der Waals surface area contributed by atoms with Crippen molar-refractivity contribution in [2.45, 2.75) is 6.92 Å². The van der Waals surface area contributed by atoms with Gasteiger partial charge in [-0.2, -0.15) is 5.26 Å². The highest BCUT2D eigenvalue weighted by molar-refractivity contribution is 5.71. The quantitative estimate of drug-likeness (QED) is 0.676. The van der Waals surface area contributed by atoms with Gasteiger partial charge < -0.3 is 4.98 Å². The van der Waals surface area contributed by atoms with Crippen molar-refractivity contribution in [2.24, 2.45) is 0 Å². The summed E-state index contributed by atoms with van der Waals surface area (Å²) in [4.78, 5) is 14.0. The maximum atomic E-state index is 11.3. The molecular weight excluding hydrogens is 176 g/mol. The van der Waals surface area contributed by atoms with Crippen molar-refractivity contribution in [3.63, 3.8) is 0 Å². The third-order valence-electron chi connectivity index (χ3n) is 2.23. The molecule has 0 aromatic carbocycles. The fourth-order valence-electron chi connectivity index (χ4n) is 1.51. The van der Waals surface area contributed by atoms with Crippen LogP contribution in [-0.2, 0) is 0 Å². The van der Waals surface area contributed by atoms with Gasteiger partial charge >= 0.3 is 0 Å². The first-order valence-corrected chi connectivity index (χ1v) is 4.26. The molecule has 0 bridgehead atoms. The van der Waals surface area contributed by atoms with Crippen LogP contribution in [0.1, 0.15) is 11.1 Å². The van der Waals surface area contributed by atoms with Gasteiger partial charge in [0.2, 0.25) is 0 Å². The summed E-state index contributed by atoms with van der Waals surface area (Å²) < 4.78 is 0. The maximum Gasteiger partial charge on any atom is 0.267 e. The molecule has 1 aliphatic heterocycles. The number of rotatable bonds is 0. The van der Waals surface area contributed by atoms with Gasteiger partial charge in [-0.15, -0.1) is 0 Å². The van der Waals surface area contributed by atoms with E-state index in [0.717, 1.165) is 11.3 Å². The van der Waals surface area contributed by atoms with Gasteiger partial charge in [-0.25, -0.2) is 0 Å². The van der Waals surface area contributed by atoms with Gasteiger partial charge in [0, 0.05) is 5.56 Å². The van der Waals surface area contributed by atoms with E-state index in [0.29, 0.717) is 5.56 Å². The normalized spacial score (nSPS) is 10.0. The van der Waals surface area contributed by atoms with Crippen LogP contribution in [0.3, 0.4) is 0 Å². The summed E-state index contributed by atoms with van der Waals surface area (Å²) in [5, 5.41) is 8.81. The van der Waals surface area contributed by atoms with E-state index in [1.165, 1.54) is 0 Å². The number of aryl methyl sites for hydroxylation is 1. The molecular formula is C11H8N2O. The number of hydrogen-bond donors (Lipinski definition) is 1. The summed E-state index contributed by atoms with van der Waals surface area (Å²) in [6.07, 6.45) is 0. The van der Waals surface area contributed by atoms with Crippen LogP contribution in [0.2, 0.25) is 0 Å². The van der Waals surface area contributed by atoms with Crippen LogP contribution in [0, 0.1) is 18.3 Å². The lowest BCUT2D eigenvalue weighted by Crippen LogP contribution is -2.00. The van der Waals surface area contributed by atoms with Crippen LogP contribution in [0.5, 0.6) is 0 Å². The molecule has 3 nitrogen and oxygen atoms in total. The molecule has 68 valence electrons. The number of aromatic amines is 1. The molecule has 1 heterocycles. The summed E-state index contributed by atoms with van der Waals surface area (Å²) >= 11 is 0. The first-order chi connectivity index (χ1) is 6.74. The molecule has 1 aliphatic carbocycles. The molecule has 2 rings (SSSR count). The number of nitriles is 1. The Morgan fingerprint density at radius 2 is 2.07 bits per heavy atom. The first kappa shape index (κ1) is 8.52. The van der Waals surface area contributed by atoms with E-state index in [1.807, 2.05) is 31.2 Å². The smallest absolute Gasteiger partial charge is 0.267 e. The highest BCUT2D eigenvalue weighted by Crippen LogP contribution is 2.23. The van der Waals surface area contributed by atoms with Crippen molar-refractivity contribution in [2.75, 3.05) is 0 Å². The van der Waals surface area contributed by atoms with Crippen LogP contribution in [0.4, 0.5) is 0 Å². The number of H-pyrrole nitrogens is 1. The number of nitrogens with zero attached hydrogens (tertiary/aromatic N) is 1. The van der Waals surface area contributed by atoms with Crippen molar-refractivity contribution in [3.05, 3.63) is 45.7 Å². The molecule has 0 unspecified atom stereocenters. The fourth-order valence-corrected chi connectivity index (χ4v) is 1.51. The molecule has 2 aliphatic rings. The van der Waals surface area contributed by atoms with E-state index in [-0.39, 0.29) is 11.1 Å². The number of nitrogens with one attached hydrogen (secondary N) is 1. The van der Waals surface area contributed by atoms with Gasteiger partial charge in [-0.3, -0.25) is 4.79 Å². The van der Waals surface area contributed by atoms with Gasteiger partial charge in [-0.05, 0) is 12.5 Å². The number of fused-ring (bicyclic) bond motifs is 1. The second-order valence-corrected chi connectivity index (χ2v) is 3.13. The molecule has 0 amide bonds. The van der Waals surface area contributed by atoms with E-state index in [4.69, 9.17) is 5.26 Å². The van der Waals surface area contributed by atoms with E-state index >= 15 is 0 Å². The summed E-state index contributed by atoms with van der Waals surface area (Å²) in [6, 6.07) is 9.30. The minimum absolute atomic E-state index is 0.194. The Bertz CT molecular complexity index is 548. The Morgan fingerprint density at radius 3 is 2.79 bits per heavy atom. The fraction of sp³-hybridized carbons (Fsp3) is 0.0909. The average Bonchev–Trinajstić information content (AvgIpc) is 2.39. The Morgan fingerprint density at radius 1 is 1.36 bits per heavy atom. The van der Waals surface area contributed by atoms with Gasteiger partial charge in [0.05, 0.1) is 5.69 Å². The van der Waals surface area contributed by atoms with Crippen LogP contribution in [0.25, 0.3) is 11.3 Å². The predicted molar refractivity (Wildman–Crippen MR) is 53.1 cm³/mol. The summed E-state index contributed by atoms with van der Waals surface area (Å²) in [5.41, 5.74) is 2.29. The maximum absolute atomic E-state index is 11.3. The van der Waals surface area contributed by atoms with Crippen molar-refractivity contribution < 1.29 is 0 Å². The predicted octanol–water partition coefficient (Wildman–Crippen LogP) is 1.66. The summed E-state index contributed by atoms with van der Waals surface area (Å²) in [5.74, 6) is 0. The third kappa shape index (κ3) is 1.09. The minimum atomic E-state index is -0.309. The molecule has 0 saturated carbocycles. The van der Waals surface area contributed by atoms with Crippen LogP contribution in [-0.4, -0.2) is 4.98 Å². The molecule has 0 aromatic rings. The first-order valence-electron chi connectivity index (χ1n) is 4.26. The highest BCUT2D eigenvalue weighted by Gasteiger charge is 2.14. The van der Waals surface area contributed by atoms with Crippen LogP contribution in [0.15, 0.2) is 29.1 Å². The van der Waals surface area contributed by atoms with E-state index in [9.17, 15) is 4.79 Å². The standard InChI is InChI=1S/C11H8N2O/c1-7-4-2-3-5-8-9(6-12)11(14)13-10(7)8/h2-5H,1H3,(H,13,14). The van der Waals surface area contributed by atoms with Crippen molar-refractivity contribution in [1.29, 1.82) is 5.26 Å². The average molecular weight is 184 g/mol. The topological polar surface area (TPSA) is 56.6 Å². The van der Waals surface area contributed by atoms with Crippen LogP contribution < -0.4 is 5.56 Å². The zero-order valence-electron chi connectivity index (χ0n) is 7.66. The van der Waals surface area contributed by atoms with Crippen LogP contribution >= 0.6 is 0 Å². The Labute approximate surface area is 81.0 Å². The Balaban J connectivity index is 2.93.